The van der Waals surface area contributed by atoms with E-state index in [2.05, 4.69) is 29.3 Å². The molecule has 0 radical (unpaired) electrons. The monoisotopic (exact) mass is 441 g/mol. The van der Waals surface area contributed by atoms with Crippen molar-refractivity contribution in [2.75, 3.05) is 32.5 Å². The van der Waals surface area contributed by atoms with Gasteiger partial charge in [-0.2, -0.15) is 0 Å². The average Bonchev–Trinajstić information content (AvgIpc) is 3.37. The number of nitrogens with zero attached hydrogens (tertiary/aromatic N) is 4. The van der Waals surface area contributed by atoms with Crippen molar-refractivity contribution in [3.05, 3.63) is 46.5 Å². The van der Waals surface area contributed by atoms with Crippen molar-refractivity contribution in [1.29, 1.82) is 0 Å². The number of hydrogen-bond acceptors (Lipinski definition) is 6. The highest BCUT2D eigenvalue weighted by Crippen LogP contribution is 2.25. The fraction of sp³-hybridized carbons (Fsp3) is 0.455. The number of thiazole rings is 1. The van der Waals surface area contributed by atoms with Crippen LogP contribution in [0.3, 0.4) is 0 Å². The smallest absolute Gasteiger partial charge is 0.273 e. The summed E-state index contributed by atoms with van der Waals surface area (Å²) in [4.78, 5) is 48.0. The van der Waals surface area contributed by atoms with Crippen LogP contribution in [0.1, 0.15) is 46.2 Å². The van der Waals surface area contributed by atoms with E-state index in [9.17, 15) is 14.4 Å². The van der Waals surface area contributed by atoms with Crippen molar-refractivity contribution in [2.24, 2.45) is 0 Å². The summed E-state index contributed by atoms with van der Waals surface area (Å²) in [7, 11) is 4.12. The van der Waals surface area contributed by atoms with E-state index in [1.165, 1.54) is 11.3 Å². The Balaban J connectivity index is 1.35. The van der Waals surface area contributed by atoms with Gasteiger partial charge in [0.05, 0.1) is 0 Å². The van der Waals surface area contributed by atoms with Crippen LogP contribution in [0.25, 0.3) is 0 Å². The van der Waals surface area contributed by atoms with Gasteiger partial charge < -0.3 is 20.0 Å². The molecule has 2 aliphatic heterocycles. The van der Waals surface area contributed by atoms with Crippen molar-refractivity contribution in [3.8, 4) is 0 Å². The standard InChI is InChI=1S/C22H27N5O3S/c1-14(27-12-15-6-4-5-7-17(15)20(27)29)19(28)24-22-23-18(13-31-22)21(30)26-10-8-16(9-11-26)25(2)3/h4-7,13-14,16H,8-12H2,1-3H3,(H,23,24,28)/t14-/m1/s1. The van der Waals surface area contributed by atoms with Gasteiger partial charge in [0, 0.05) is 36.6 Å². The second-order valence-electron chi connectivity index (χ2n) is 8.28. The number of anilines is 1. The lowest BCUT2D eigenvalue weighted by Crippen LogP contribution is -2.44. The topological polar surface area (TPSA) is 85.8 Å². The molecule has 8 nitrogen and oxygen atoms in total. The Morgan fingerprint density at radius 3 is 2.61 bits per heavy atom. The summed E-state index contributed by atoms with van der Waals surface area (Å²) in [5.41, 5.74) is 1.91. The lowest BCUT2D eigenvalue weighted by molar-refractivity contribution is -0.120. The molecule has 9 heteroatoms. The minimum Gasteiger partial charge on any atom is -0.337 e. The molecule has 0 bridgehead atoms. The van der Waals surface area contributed by atoms with Gasteiger partial charge >= 0.3 is 0 Å². The van der Waals surface area contributed by atoms with Gasteiger partial charge in [-0.1, -0.05) is 18.2 Å². The van der Waals surface area contributed by atoms with Crippen LogP contribution in [-0.2, 0) is 11.3 Å². The first-order valence-electron chi connectivity index (χ1n) is 10.5. The Morgan fingerprint density at radius 2 is 1.94 bits per heavy atom. The molecule has 0 spiro atoms. The van der Waals surface area contributed by atoms with Gasteiger partial charge in [-0.25, -0.2) is 4.98 Å². The number of amides is 3. The molecule has 31 heavy (non-hydrogen) atoms. The number of likely N-dealkylation sites (tertiary alicyclic amines) is 1. The number of piperidine rings is 1. The number of benzene rings is 1. The lowest BCUT2D eigenvalue weighted by Gasteiger charge is -2.34. The molecule has 1 aromatic carbocycles. The van der Waals surface area contributed by atoms with E-state index >= 15 is 0 Å². The van der Waals surface area contributed by atoms with E-state index in [1.807, 2.05) is 23.1 Å². The van der Waals surface area contributed by atoms with Crippen LogP contribution < -0.4 is 5.32 Å². The van der Waals surface area contributed by atoms with Gasteiger partial charge in [-0.05, 0) is 45.5 Å². The number of aromatic nitrogens is 1. The Morgan fingerprint density at radius 1 is 1.23 bits per heavy atom. The summed E-state index contributed by atoms with van der Waals surface area (Å²) in [6.45, 7) is 3.52. The molecule has 164 valence electrons. The van der Waals surface area contributed by atoms with Crippen molar-refractivity contribution < 1.29 is 14.4 Å². The molecule has 1 aromatic heterocycles. The van der Waals surface area contributed by atoms with Crippen LogP contribution in [-0.4, -0.2) is 76.7 Å². The summed E-state index contributed by atoms with van der Waals surface area (Å²) in [6.07, 6.45) is 1.88. The zero-order valence-corrected chi connectivity index (χ0v) is 18.8. The van der Waals surface area contributed by atoms with Gasteiger partial charge in [0.2, 0.25) is 5.91 Å². The van der Waals surface area contributed by atoms with Gasteiger partial charge in [-0.3, -0.25) is 14.4 Å². The number of fused-ring (bicyclic) bond motifs is 1. The highest BCUT2D eigenvalue weighted by molar-refractivity contribution is 7.14. The number of hydrogen-bond donors (Lipinski definition) is 1. The van der Waals surface area contributed by atoms with Crippen molar-refractivity contribution in [2.45, 2.75) is 38.4 Å². The Bertz CT molecular complexity index is 997. The summed E-state index contributed by atoms with van der Waals surface area (Å²) in [5, 5.41) is 4.81. The van der Waals surface area contributed by atoms with Crippen molar-refractivity contribution >= 4 is 34.2 Å². The molecule has 3 amide bonds. The lowest BCUT2D eigenvalue weighted by atomic mass is 10.0. The second kappa shape index (κ2) is 8.76. The maximum atomic E-state index is 12.8. The summed E-state index contributed by atoms with van der Waals surface area (Å²) in [5.74, 6) is -0.567. The number of carbonyl (C=O) groups is 3. The fourth-order valence-electron chi connectivity index (χ4n) is 4.12. The molecular formula is C22H27N5O3S. The van der Waals surface area contributed by atoms with E-state index in [0.717, 1.165) is 18.4 Å². The SMILES string of the molecule is C[C@H](C(=O)Nc1nc(C(=O)N2CCC(N(C)C)CC2)cs1)N1Cc2ccccc2C1=O. The largest absolute Gasteiger partial charge is 0.337 e. The second-order valence-corrected chi connectivity index (χ2v) is 9.14. The van der Waals surface area contributed by atoms with Crippen LogP contribution >= 0.6 is 11.3 Å². The quantitative estimate of drug-likeness (QED) is 0.770. The number of rotatable bonds is 5. The molecule has 1 N–H and O–H groups in total. The maximum absolute atomic E-state index is 12.8. The molecule has 3 heterocycles. The summed E-state index contributed by atoms with van der Waals surface area (Å²) in [6, 6.07) is 7.24. The molecule has 1 saturated heterocycles. The molecule has 0 unspecified atom stereocenters. The van der Waals surface area contributed by atoms with Crippen LogP contribution in [0, 0.1) is 0 Å². The summed E-state index contributed by atoms with van der Waals surface area (Å²) >= 11 is 1.22. The van der Waals surface area contributed by atoms with Gasteiger partial charge in [0.1, 0.15) is 11.7 Å². The number of carbonyl (C=O) groups excluding carboxylic acids is 3. The molecule has 1 fully saturated rings. The predicted octanol–water partition coefficient (Wildman–Crippen LogP) is 2.29. The van der Waals surface area contributed by atoms with Crippen molar-refractivity contribution in [1.82, 2.24) is 19.7 Å². The first kappa shape index (κ1) is 21.5. The Kier molecular flexibility index (Phi) is 6.06. The van der Waals surface area contributed by atoms with E-state index in [-0.39, 0.29) is 17.7 Å². The van der Waals surface area contributed by atoms with Crippen LogP contribution in [0.2, 0.25) is 0 Å². The first-order valence-corrected chi connectivity index (χ1v) is 11.3. The molecule has 1 atom stereocenters. The maximum Gasteiger partial charge on any atom is 0.273 e. The van der Waals surface area contributed by atoms with Crippen molar-refractivity contribution in [3.63, 3.8) is 0 Å². The van der Waals surface area contributed by atoms with Gasteiger partial charge in [0.15, 0.2) is 5.13 Å². The van der Waals surface area contributed by atoms with Gasteiger partial charge in [-0.15, -0.1) is 11.3 Å². The third-order valence-corrected chi connectivity index (χ3v) is 6.89. The highest BCUT2D eigenvalue weighted by Gasteiger charge is 2.34. The third kappa shape index (κ3) is 4.33. The van der Waals surface area contributed by atoms with Crippen LogP contribution in [0.15, 0.2) is 29.6 Å². The molecule has 0 aliphatic carbocycles. The minimum atomic E-state index is -0.645. The van der Waals surface area contributed by atoms with E-state index in [1.54, 1.807) is 23.3 Å². The fourth-order valence-corrected chi connectivity index (χ4v) is 4.81. The molecular weight excluding hydrogens is 414 g/mol. The van der Waals surface area contributed by atoms with E-state index < -0.39 is 6.04 Å². The van der Waals surface area contributed by atoms with E-state index in [0.29, 0.717) is 42.1 Å². The van der Waals surface area contributed by atoms with E-state index in [4.69, 9.17) is 0 Å². The Labute approximate surface area is 185 Å². The summed E-state index contributed by atoms with van der Waals surface area (Å²) < 4.78 is 0. The zero-order valence-electron chi connectivity index (χ0n) is 18.0. The molecule has 2 aromatic rings. The Hall–Kier alpha value is -2.78. The van der Waals surface area contributed by atoms with Crippen LogP contribution in [0.5, 0.6) is 0 Å². The zero-order chi connectivity index (χ0) is 22.1. The normalized spacial score (nSPS) is 17.7. The molecule has 2 aliphatic rings. The van der Waals surface area contributed by atoms with Gasteiger partial charge in [0.25, 0.3) is 11.8 Å². The highest BCUT2D eigenvalue weighted by atomic mass is 32.1. The molecule has 4 rings (SSSR count). The first-order chi connectivity index (χ1) is 14.8. The van der Waals surface area contributed by atoms with Crippen LogP contribution in [0.4, 0.5) is 5.13 Å². The molecule has 0 saturated carbocycles. The average molecular weight is 442 g/mol. The number of nitrogens with one attached hydrogen (secondary N) is 1. The third-order valence-electron chi connectivity index (χ3n) is 6.13. The minimum absolute atomic E-state index is 0.104. The predicted molar refractivity (Wildman–Crippen MR) is 119 cm³/mol.